The van der Waals surface area contributed by atoms with Crippen LogP contribution in [-0.2, 0) is 6.42 Å². The summed E-state index contributed by atoms with van der Waals surface area (Å²) in [5.41, 5.74) is 4.06. The highest BCUT2D eigenvalue weighted by Gasteiger charge is 2.10. The maximum absolute atomic E-state index is 6.24. The highest BCUT2D eigenvalue weighted by molar-refractivity contribution is 6.20. The van der Waals surface area contributed by atoms with Gasteiger partial charge < -0.3 is 0 Å². The summed E-state index contributed by atoms with van der Waals surface area (Å²) in [6.45, 7) is 8.62. The maximum Gasteiger partial charge on any atom is 0.0399 e. The minimum absolute atomic E-state index is 0.247. The summed E-state index contributed by atoms with van der Waals surface area (Å²) in [5, 5.41) is 0.247. The summed E-state index contributed by atoms with van der Waals surface area (Å²) in [6, 6.07) is 6.60. The van der Waals surface area contributed by atoms with Gasteiger partial charge in [0.25, 0.3) is 0 Å². The molecular weight excluding hydrogens is 192 g/mol. The molecule has 0 aliphatic heterocycles. The molecule has 1 heteroatoms. The second-order valence-corrected chi connectivity index (χ2v) is 4.94. The first kappa shape index (κ1) is 11.6. The van der Waals surface area contributed by atoms with Crippen molar-refractivity contribution in [3.63, 3.8) is 0 Å². The van der Waals surface area contributed by atoms with Crippen LogP contribution in [0, 0.1) is 19.8 Å². The maximum atomic E-state index is 6.24. The zero-order valence-corrected chi connectivity index (χ0v) is 10.2. The lowest BCUT2D eigenvalue weighted by molar-refractivity contribution is 0.596. The van der Waals surface area contributed by atoms with E-state index in [9.17, 15) is 0 Å². The van der Waals surface area contributed by atoms with Crippen LogP contribution in [0.5, 0.6) is 0 Å². The first-order valence-corrected chi connectivity index (χ1v) is 5.64. The molecule has 0 fully saturated rings. The molecule has 0 nitrogen and oxygen atoms in total. The summed E-state index contributed by atoms with van der Waals surface area (Å²) >= 11 is 6.24. The van der Waals surface area contributed by atoms with Gasteiger partial charge >= 0.3 is 0 Å². The Hall–Kier alpha value is -0.490. The predicted molar refractivity (Wildman–Crippen MR) is 64.1 cm³/mol. The Labute approximate surface area is 92.3 Å². The van der Waals surface area contributed by atoms with E-state index in [2.05, 4.69) is 45.9 Å². The molecule has 78 valence electrons. The molecule has 0 aliphatic carbocycles. The van der Waals surface area contributed by atoms with Gasteiger partial charge in [-0.05, 0) is 42.9 Å². The Balaban J connectivity index is 2.73. The second kappa shape index (κ2) is 4.84. The third-order valence-corrected chi connectivity index (χ3v) is 3.38. The smallest absolute Gasteiger partial charge is 0.0399 e. The summed E-state index contributed by atoms with van der Waals surface area (Å²) in [4.78, 5) is 0. The normalized spacial score (nSPS) is 13.3. The van der Waals surface area contributed by atoms with Gasteiger partial charge in [0.2, 0.25) is 0 Å². The molecule has 0 heterocycles. The molecule has 14 heavy (non-hydrogen) atoms. The largest absolute Gasteiger partial charge is 0.122 e. The van der Waals surface area contributed by atoms with Crippen molar-refractivity contribution in [1.82, 2.24) is 0 Å². The van der Waals surface area contributed by atoms with Crippen molar-refractivity contribution >= 4 is 11.6 Å². The fourth-order valence-corrected chi connectivity index (χ4v) is 1.57. The van der Waals surface area contributed by atoms with Gasteiger partial charge in [0.1, 0.15) is 0 Å². The Kier molecular flexibility index (Phi) is 4.00. The molecule has 0 aliphatic rings. The summed E-state index contributed by atoms with van der Waals surface area (Å²) in [5.74, 6) is 0.540. The molecule has 0 aromatic heterocycles. The Morgan fingerprint density at radius 3 is 2.29 bits per heavy atom. The number of rotatable bonds is 3. The number of aryl methyl sites for hydroxylation is 2. The van der Waals surface area contributed by atoms with Gasteiger partial charge in [-0.25, -0.2) is 0 Å². The molecule has 1 aromatic rings. The van der Waals surface area contributed by atoms with Crippen LogP contribution in [0.4, 0.5) is 0 Å². The molecule has 0 bridgehead atoms. The number of hydrogen-bond donors (Lipinski definition) is 0. The van der Waals surface area contributed by atoms with Crippen LogP contribution < -0.4 is 0 Å². The topological polar surface area (TPSA) is 0 Å². The fourth-order valence-electron chi connectivity index (χ4n) is 1.39. The van der Waals surface area contributed by atoms with Gasteiger partial charge in [-0.3, -0.25) is 0 Å². The average Bonchev–Trinajstić information content (AvgIpc) is 2.11. The number of hydrogen-bond acceptors (Lipinski definition) is 0. The van der Waals surface area contributed by atoms with Gasteiger partial charge in [-0.15, -0.1) is 11.6 Å². The van der Waals surface area contributed by atoms with Crippen molar-refractivity contribution in [2.24, 2.45) is 5.92 Å². The summed E-state index contributed by atoms with van der Waals surface area (Å²) in [6.07, 6.45) is 0.973. The Bertz CT molecular complexity index is 302. The van der Waals surface area contributed by atoms with Crippen LogP contribution in [-0.4, -0.2) is 5.38 Å². The molecule has 1 atom stereocenters. The highest BCUT2D eigenvalue weighted by Crippen LogP contribution is 2.18. The second-order valence-electron chi connectivity index (χ2n) is 4.38. The van der Waals surface area contributed by atoms with Gasteiger partial charge in [0, 0.05) is 5.38 Å². The highest BCUT2D eigenvalue weighted by atomic mass is 35.5. The van der Waals surface area contributed by atoms with E-state index < -0.39 is 0 Å². The van der Waals surface area contributed by atoms with Crippen molar-refractivity contribution in [1.29, 1.82) is 0 Å². The summed E-state index contributed by atoms with van der Waals surface area (Å²) in [7, 11) is 0. The van der Waals surface area contributed by atoms with Crippen molar-refractivity contribution in [2.75, 3.05) is 0 Å². The van der Waals surface area contributed by atoms with Crippen molar-refractivity contribution in [2.45, 2.75) is 39.5 Å². The monoisotopic (exact) mass is 210 g/mol. The molecule has 0 radical (unpaired) electrons. The first-order valence-electron chi connectivity index (χ1n) is 5.21. The first-order chi connectivity index (χ1) is 6.50. The molecule has 0 spiro atoms. The summed E-state index contributed by atoms with van der Waals surface area (Å²) < 4.78 is 0. The quantitative estimate of drug-likeness (QED) is 0.659. The van der Waals surface area contributed by atoms with Gasteiger partial charge in [0.15, 0.2) is 0 Å². The van der Waals surface area contributed by atoms with Gasteiger partial charge in [-0.1, -0.05) is 32.0 Å². The molecular formula is C13H19Cl. The number of benzene rings is 1. The zero-order chi connectivity index (χ0) is 10.7. The molecule has 0 amide bonds. The lowest BCUT2D eigenvalue weighted by Gasteiger charge is -2.13. The van der Waals surface area contributed by atoms with Crippen LogP contribution in [0.15, 0.2) is 18.2 Å². The standard InChI is InChI=1S/C13H19Cl/c1-9(2)13(14)8-12-6-5-10(3)11(4)7-12/h5-7,9,13H,8H2,1-4H3. The van der Waals surface area contributed by atoms with E-state index in [4.69, 9.17) is 11.6 Å². The molecule has 1 aromatic carbocycles. The Morgan fingerprint density at radius 2 is 1.79 bits per heavy atom. The minimum Gasteiger partial charge on any atom is -0.122 e. The third-order valence-electron chi connectivity index (χ3n) is 2.73. The van der Waals surface area contributed by atoms with Crippen molar-refractivity contribution in [3.8, 4) is 0 Å². The van der Waals surface area contributed by atoms with Crippen LogP contribution in [0.2, 0.25) is 0 Å². The lowest BCUT2D eigenvalue weighted by Crippen LogP contribution is -2.11. The third kappa shape index (κ3) is 3.02. The van der Waals surface area contributed by atoms with E-state index in [0.717, 1.165) is 6.42 Å². The molecule has 0 saturated carbocycles. The number of halogens is 1. The average molecular weight is 211 g/mol. The Morgan fingerprint density at radius 1 is 1.14 bits per heavy atom. The SMILES string of the molecule is Cc1ccc(CC(Cl)C(C)C)cc1C. The number of alkyl halides is 1. The predicted octanol–water partition coefficient (Wildman–Crippen LogP) is 4.11. The molecule has 1 unspecified atom stereocenters. The lowest BCUT2D eigenvalue weighted by atomic mass is 9.99. The van der Waals surface area contributed by atoms with Crippen LogP contribution >= 0.6 is 11.6 Å². The van der Waals surface area contributed by atoms with Crippen LogP contribution in [0.1, 0.15) is 30.5 Å². The van der Waals surface area contributed by atoms with E-state index in [1.807, 2.05) is 0 Å². The van der Waals surface area contributed by atoms with E-state index in [1.165, 1.54) is 16.7 Å². The van der Waals surface area contributed by atoms with Gasteiger partial charge in [-0.2, -0.15) is 0 Å². The van der Waals surface area contributed by atoms with Crippen molar-refractivity contribution in [3.05, 3.63) is 34.9 Å². The fraction of sp³-hybridized carbons (Fsp3) is 0.538. The molecule has 0 saturated heterocycles. The van der Waals surface area contributed by atoms with E-state index in [-0.39, 0.29) is 5.38 Å². The van der Waals surface area contributed by atoms with Crippen molar-refractivity contribution < 1.29 is 0 Å². The minimum atomic E-state index is 0.247. The zero-order valence-electron chi connectivity index (χ0n) is 9.47. The van der Waals surface area contributed by atoms with Crippen LogP contribution in [0.25, 0.3) is 0 Å². The molecule has 0 N–H and O–H groups in total. The van der Waals surface area contributed by atoms with Crippen LogP contribution in [0.3, 0.4) is 0 Å². The van der Waals surface area contributed by atoms with E-state index >= 15 is 0 Å². The van der Waals surface area contributed by atoms with Gasteiger partial charge in [0.05, 0.1) is 0 Å². The molecule has 1 rings (SSSR count). The van der Waals surface area contributed by atoms with E-state index in [1.54, 1.807) is 0 Å². The van der Waals surface area contributed by atoms with E-state index in [0.29, 0.717) is 5.92 Å².